The molecule has 2 saturated carbocycles. The van der Waals surface area contributed by atoms with Crippen molar-refractivity contribution in [1.29, 1.82) is 0 Å². The Morgan fingerprint density at radius 2 is 1.52 bits per heavy atom. The Bertz CT molecular complexity index is 452. The third-order valence-corrected chi connectivity index (χ3v) is 5.26. The smallest absolute Gasteiger partial charge is 0.124 e. The SMILES string of the molecule is COc1cc(NC2CCC3CCCCC3C2)cc(OC)c1. The minimum Gasteiger partial charge on any atom is -0.497 e. The second kappa shape index (κ2) is 6.59. The molecule has 1 aromatic carbocycles. The molecule has 3 unspecified atom stereocenters. The van der Waals surface area contributed by atoms with Crippen molar-refractivity contribution in [3.8, 4) is 11.5 Å². The maximum atomic E-state index is 5.35. The number of nitrogens with one attached hydrogen (secondary N) is 1. The number of anilines is 1. The minimum atomic E-state index is 0.598. The molecule has 0 saturated heterocycles. The molecule has 0 heterocycles. The molecule has 0 spiro atoms. The Morgan fingerprint density at radius 1 is 0.857 bits per heavy atom. The highest BCUT2D eigenvalue weighted by atomic mass is 16.5. The molecule has 3 atom stereocenters. The lowest BCUT2D eigenvalue weighted by molar-refractivity contribution is 0.162. The van der Waals surface area contributed by atoms with E-state index in [1.54, 1.807) is 14.2 Å². The number of hydrogen-bond acceptors (Lipinski definition) is 3. The summed E-state index contributed by atoms with van der Waals surface area (Å²) in [6, 6.07) is 6.65. The van der Waals surface area contributed by atoms with E-state index in [-0.39, 0.29) is 0 Å². The average Bonchev–Trinajstić information content (AvgIpc) is 2.54. The van der Waals surface area contributed by atoms with Gasteiger partial charge in [-0.25, -0.2) is 0 Å². The summed E-state index contributed by atoms with van der Waals surface area (Å²) in [7, 11) is 3.40. The zero-order valence-electron chi connectivity index (χ0n) is 13.2. The Labute approximate surface area is 128 Å². The molecule has 21 heavy (non-hydrogen) atoms. The van der Waals surface area contributed by atoms with E-state index in [2.05, 4.69) is 17.4 Å². The number of benzene rings is 1. The van der Waals surface area contributed by atoms with Crippen LogP contribution >= 0.6 is 0 Å². The van der Waals surface area contributed by atoms with Gasteiger partial charge in [0.15, 0.2) is 0 Å². The fourth-order valence-electron chi connectivity index (χ4n) is 4.13. The summed E-state index contributed by atoms with van der Waals surface area (Å²) in [5, 5.41) is 3.70. The normalized spacial score (nSPS) is 28.6. The lowest BCUT2D eigenvalue weighted by Crippen LogP contribution is -2.34. The quantitative estimate of drug-likeness (QED) is 0.886. The highest BCUT2D eigenvalue weighted by molar-refractivity contribution is 5.54. The molecule has 0 amide bonds. The number of rotatable bonds is 4. The van der Waals surface area contributed by atoms with E-state index in [1.165, 1.54) is 44.9 Å². The maximum absolute atomic E-state index is 5.35. The van der Waals surface area contributed by atoms with Crippen LogP contribution in [-0.2, 0) is 0 Å². The van der Waals surface area contributed by atoms with Crippen LogP contribution in [0.4, 0.5) is 5.69 Å². The largest absolute Gasteiger partial charge is 0.497 e. The first-order valence-electron chi connectivity index (χ1n) is 8.28. The van der Waals surface area contributed by atoms with Gasteiger partial charge in [0.25, 0.3) is 0 Å². The molecule has 0 bridgehead atoms. The topological polar surface area (TPSA) is 30.5 Å². The molecule has 3 rings (SSSR count). The van der Waals surface area contributed by atoms with Crippen LogP contribution in [0.15, 0.2) is 18.2 Å². The zero-order valence-corrected chi connectivity index (χ0v) is 13.2. The molecule has 2 aliphatic carbocycles. The van der Waals surface area contributed by atoms with Gasteiger partial charge in [0.2, 0.25) is 0 Å². The molecule has 0 radical (unpaired) electrons. The first kappa shape index (κ1) is 14.6. The van der Waals surface area contributed by atoms with Crippen LogP contribution in [-0.4, -0.2) is 20.3 Å². The van der Waals surface area contributed by atoms with Gasteiger partial charge in [-0.15, -0.1) is 0 Å². The first-order chi connectivity index (χ1) is 10.3. The van der Waals surface area contributed by atoms with Gasteiger partial charge in [-0.05, 0) is 31.1 Å². The van der Waals surface area contributed by atoms with Crippen molar-refractivity contribution in [3.05, 3.63) is 18.2 Å². The summed E-state index contributed by atoms with van der Waals surface area (Å²) in [6.45, 7) is 0. The van der Waals surface area contributed by atoms with Crippen molar-refractivity contribution < 1.29 is 9.47 Å². The predicted molar refractivity (Wildman–Crippen MR) is 86.3 cm³/mol. The summed E-state index contributed by atoms with van der Waals surface area (Å²) in [4.78, 5) is 0. The van der Waals surface area contributed by atoms with Crippen LogP contribution in [0, 0.1) is 11.8 Å². The zero-order chi connectivity index (χ0) is 14.7. The summed E-state index contributed by atoms with van der Waals surface area (Å²) < 4.78 is 10.7. The van der Waals surface area contributed by atoms with Gasteiger partial charge in [0.1, 0.15) is 11.5 Å². The fraction of sp³-hybridized carbons (Fsp3) is 0.667. The van der Waals surface area contributed by atoms with Gasteiger partial charge in [0, 0.05) is 29.9 Å². The van der Waals surface area contributed by atoms with Gasteiger partial charge in [-0.3, -0.25) is 0 Å². The highest BCUT2D eigenvalue weighted by Crippen LogP contribution is 2.41. The van der Waals surface area contributed by atoms with E-state index >= 15 is 0 Å². The van der Waals surface area contributed by atoms with Crippen LogP contribution in [0.2, 0.25) is 0 Å². The maximum Gasteiger partial charge on any atom is 0.124 e. The van der Waals surface area contributed by atoms with Crippen molar-refractivity contribution in [1.82, 2.24) is 0 Å². The van der Waals surface area contributed by atoms with Gasteiger partial charge < -0.3 is 14.8 Å². The number of methoxy groups -OCH3 is 2. The first-order valence-corrected chi connectivity index (χ1v) is 8.28. The third kappa shape index (κ3) is 3.45. The second-order valence-corrected chi connectivity index (χ2v) is 6.56. The third-order valence-electron chi connectivity index (χ3n) is 5.26. The molecule has 2 fully saturated rings. The van der Waals surface area contributed by atoms with Crippen LogP contribution in [0.3, 0.4) is 0 Å². The molecule has 1 aromatic rings. The van der Waals surface area contributed by atoms with E-state index in [9.17, 15) is 0 Å². The molecular weight excluding hydrogens is 262 g/mol. The summed E-state index contributed by atoms with van der Waals surface area (Å²) >= 11 is 0. The van der Waals surface area contributed by atoms with Crippen molar-refractivity contribution in [2.75, 3.05) is 19.5 Å². The monoisotopic (exact) mass is 289 g/mol. The predicted octanol–water partition coefficient (Wildman–Crippen LogP) is 4.47. The summed E-state index contributed by atoms with van der Waals surface area (Å²) in [5.41, 5.74) is 1.12. The molecular formula is C18H27NO2. The standard InChI is InChI=1S/C18H27NO2/c1-20-17-10-16(11-18(12-17)21-2)19-15-8-7-13-5-3-4-6-14(13)9-15/h10-15,19H,3-9H2,1-2H3. The van der Waals surface area contributed by atoms with Gasteiger partial charge >= 0.3 is 0 Å². The summed E-state index contributed by atoms with van der Waals surface area (Å²) in [5.74, 6) is 3.64. The second-order valence-electron chi connectivity index (χ2n) is 6.56. The minimum absolute atomic E-state index is 0.598. The molecule has 1 N–H and O–H groups in total. The number of ether oxygens (including phenoxy) is 2. The van der Waals surface area contributed by atoms with Gasteiger partial charge in [0.05, 0.1) is 14.2 Å². The Kier molecular flexibility index (Phi) is 4.57. The number of fused-ring (bicyclic) bond motifs is 1. The molecule has 2 aliphatic rings. The van der Waals surface area contributed by atoms with E-state index in [0.717, 1.165) is 29.0 Å². The average molecular weight is 289 g/mol. The van der Waals surface area contributed by atoms with E-state index in [1.807, 2.05) is 6.07 Å². The summed E-state index contributed by atoms with van der Waals surface area (Å²) in [6.07, 6.45) is 9.79. The molecule has 116 valence electrons. The lowest BCUT2D eigenvalue weighted by atomic mass is 9.69. The lowest BCUT2D eigenvalue weighted by Gasteiger charge is -2.39. The Balaban J connectivity index is 1.66. The molecule has 3 heteroatoms. The molecule has 0 aromatic heterocycles. The van der Waals surface area contributed by atoms with Gasteiger partial charge in [-0.2, -0.15) is 0 Å². The van der Waals surface area contributed by atoms with Crippen molar-refractivity contribution in [2.24, 2.45) is 11.8 Å². The van der Waals surface area contributed by atoms with Crippen LogP contribution < -0.4 is 14.8 Å². The van der Waals surface area contributed by atoms with Crippen molar-refractivity contribution >= 4 is 5.69 Å². The molecule has 0 aliphatic heterocycles. The van der Waals surface area contributed by atoms with E-state index in [0.29, 0.717) is 6.04 Å². The van der Waals surface area contributed by atoms with E-state index in [4.69, 9.17) is 9.47 Å². The van der Waals surface area contributed by atoms with Crippen LogP contribution in [0.25, 0.3) is 0 Å². The fourth-order valence-corrected chi connectivity index (χ4v) is 4.13. The van der Waals surface area contributed by atoms with Crippen molar-refractivity contribution in [3.63, 3.8) is 0 Å². The van der Waals surface area contributed by atoms with Gasteiger partial charge in [-0.1, -0.05) is 25.7 Å². The Hall–Kier alpha value is -1.38. The van der Waals surface area contributed by atoms with E-state index < -0.39 is 0 Å². The molecule has 3 nitrogen and oxygen atoms in total. The van der Waals surface area contributed by atoms with Crippen LogP contribution in [0.5, 0.6) is 11.5 Å². The highest BCUT2D eigenvalue weighted by Gasteiger charge is 2.32. The number of hydrogen-bond donors (Lipinski definition) is 1. The van der Waals surface area contributed by atoms with Crippen LogP contribution in [0.1, 0.15) is 44.9 Å². The van der Waals surface area contributed by atoms with Crippen molar-refractivity contribution in [2.45, 2.75) is 51.0 Å². The Morgan fingerprint density at radius 3 is 2.19 bits per heavy atom.